The zero-order valence-electron chi connectivity index (χ0n) is 20.1. The van der Waals surface area contributed by atoms with Crippen molar-refractivity contribution in [1.29, 1.82) is 0 Å². The van der Waals surface area contributed by atoms with Crippen molar-refractivity contribution in [3.63, 3.8) is 0 Å². The van der Waals surface area contributed by atoms with Crippen molar-refractivity contribution < 1.29 is 14.3 Å². The molecule has 1 N–H and O–H groups in total. The monoisotopic (exact) mass is 469 g/mol. The van der Waals surface area contributed by atoms with Gasteiger partial charge in [-0.05, 0) is 61.4 Å². The maximum absolute atomic E-state index is 13.8. The molecule has 35 heavy (non-hydrogen) atoms. The summed E-state index contributed by atoms with van der Waals surface area (Å²) in [5.41, 5.74) is 5.54. The van der Waals surface area contributed by atoms with Crippen LogP contribution in [0.4, 0.5) is 0 Å². The predicted molar refractivity (Wildman–Crippen MR) is 135 cm³/mol. The third-order valence-electron chi connectivity index (χ3n) is 7.84. The van der Waals surface area contributed by atoms with Crippen molar-refractivity contribution >= 4 is 22.7 Å². The summed E-state index contributed by atoms with van der Waals surface area (Å²) in [6.07, 6.45) is 8.43. The van der Waals surface area contributed by atoms with Crippen molar-refractivity contribution in [2.24, 2.45) is 0 Å². The van der Waals surface area contributed by atoms with E-state index in [0.29, 0.717) is 13.0 Å². The normalized spacial score (nSPS) is 22.1. The van der Waals surface area contributed by atoms with Crippen LogP contribution in [0.1, 0.15) is 55.0 Å². The number of fused-ring (bicyclic) bond motifs is 4. The lowest BCUT2D eigenvalue weighted by atomic mass is 9.86. The number of rotatable bonds is 5. The minimum Gasteiger partial charge on any atom is -0.497 e. The molecule has 1 saturated heterocycles. The van der Waals surface area contributed by atoms with Crippen molar-refractivity contribution in [3.8, 4) is 5.75 Å². The Labute approximate surface area is 205 Å². The average molecular weight is 470 g/mol. The molecule has 3 heterocycles. The molecular formula is C29H31N3O3. The van der Waals surface area contributed by atoms with Crippen LogP contribution in [-0.4, -0.2) is 52.8 Å². The number of methoxy groups -OCH3 is 1. The molecule has 180 valence electrons. The molecule has 1 aliphatic carbocycles. The molecule has 0 saturated carbocycles. The van der Waals surface area contributed by atoms with E-state index in [0.717, 1.165) is 52.7 Å². The molecular weight excluding hydrogens is 438 g/mol. The van der Waals surface area contributed by atoms with Gasteiger partial charge in [0.2, 0.25) is 11.8 Å². The summed E-state index contributed by atoms with van der Waals surface area (Å²) in [5.74, 6) is 0.801. The summed E-state index contributed by atoms with van der Waals surface area (Å²) in [4.78, 5) is 34.7. The van der Waals surface area contributed by atoms with E-state index in [4.69, 9.17) is 4.74 Å². The van der Waals surface area contributed by atoms with Crippen molar-refractivity contribution in [2.45, 2.75) is 50.6 Å². The maximum atomic E-state index is 13.8. The minimum atomic E-state index is -0.500. The van der Waals surface area contributed by atoms with Gasteiger partial charge in [-0.15, -0.1) is 0 Å². The third kappa shape index (κ3) is 3.81. The molecule has 0 spiro atoms. The lowest BCUT2D eigenvalue weighted by Gasteiger charge is -2.47. The fraction of sp³-hybridized carbons (Fsp3) is 0.379. The number of carbonyl (C=O) groups is 2. The third-order valence-corrected chi connectivity index (χ3v) is 7.84. The molecule has 3 aromatic rings. The number of hydrogen-bond donors (Lipinski definition) is 1. The molecule has 6 heteroatoms. The van der Waals surface area contributed by atoms with Crippen LogP contribution in [0.15, 0.2) is 60.2 Å². The largest absolute Gasteiger partial charge is 0.497 e. The molecule has 2 atom stereocenters. The molecule has 2 amide bonds. The number of piperazine rings is 1. The molecule has 1 aromatic heterocycles. The fourth-order valence-corrected chi connectivity index (χ4v) is 6.08. The number of amides is 2. The second-order valence-corrected chi connectivity index (χ2v) is 9.88. The number of hydrogen-bond acceptors (Lipinski definition) is 3. The van der Waals surface area contributed by atoms with Crippen molar-refractivity contribution in [2.75, 3.05) is 20.2 Å². The molecule has 2 aliphatic heterocycles. The number of nitrogens with one attached hydrogen (secondary N) is 1. The van der Waals surface area contributed by atoms with Gasteiger partial charge in [-0.1, -0.05) is 42.0 Å². The number of carbonyl (C=O) groups excluding carboxylic acids is 2. The van der Waals surface area contributed by atoms with Gasteiger partial charge in [0.1, 0.15) is 11.8 Å². The SMILES string of the molecule is COc1cccc(C2c3[nH]c4ccccc4c3C[C@@H]3C(=O)N(CCC4=CCCCC4)CC(=O)N23)c1. The minimum absolute atomic E-state index is 0.00403. The topological polar surface area (TPSA) is 65.6 Å². The quantitative estimate of drug-likeness (QED) is 0.549. The van der Waals surface area contributed by atoms with E-state index in [1.807, 2.05) is 41.3 Å². The van der Waals surface area contributed by atoms with Crippen LogP contribution in [0.5, 0.6) is 5.75 Å². The van der Waals surface area contributed by atoms with E-state index >= 15 is 0 Å². The summed E-state index contributed by atoms with van der Waals surface area (Å²) in [5, 5.41) is 1.12. The van der Waals surface area contributed by atoms with Crippen LogP contribution in [0.3, 0.4) is 0 Å². The highest BCUT2D eigenvalue weighted by atomic mass is 16.5. The van der Waals surface area contributed by atoms with Gasteiger partial charge in [-0.25, -0.2) is 0 Å². The number of nitrogens with zero attached hydrogens (tertiary/aromatic N) is 2. The standard InChI is InChI=1S/C29H31N3O3/c1-35-21-11-7-10-20(16-21)28-27-23(22-12-5-6-13-24(22)30-27)17-25-29(34)31(18-26(33)32(25)28)15-14-19-8-3-2-4-9-19/h5-8,10-13,16,25,28,30H,2-4,9,14-15,17-18H2,1H3/t25-,28?/m1/s1. The van der Waals surface area contributed by atoms with Crippen LogP contribution < -0.4 is 4.74 Å². The number of aromatic nitrogens is 1. The van der Waals surface area contributed by atoms with Gasteiger partial charge < -0.3 is 19.5 Å². The van der Waals surface area contributed by atoms with Crippen LogP contribution in [-0.2, 0) is 16.0 Å². The lowest BCUT2D eigenvalue weighted by Crippen LogP contribution is -2.63. The second-order valence-electron chi connectivity index (χ2n) is 9.88. The van der Waals surface area contributed by atoms with Gasteiger partial charge in [0, 0.05) is 29.6 Å². The molecule has 1 fully saturated rings. The first kappa shape index (κ1) is 22.0. The van der Waals surface area contributed by atoms with E-state index in [9.17, 15) is 9.59 Å². The smallest absolute Gasteiger partial charge is 0.246 e. The van der Waals surface area contributed by atoms with E-state index in [-0.39, 0.29) is 24.4 Å². The van der Waals surface area contributed by atoms with Crippen LogP contribution in [0.25, 0.3) is 10.9 Å². The highest BCUT2D eigenvalue weighted by molar-refractivity contribution is 5.97. The van der Waals surface area contributed by atoms with Crippen molar-refractivity contribution in [3.05, 3.63) is 77.0 Å². The van der Waals surface area contributed by atoms with Gasteiger partial charge in [-0.2, -0.15) is 0 Å². The fourth-order valence-electron chi connectivity index (χ4n) is 6.08. The number of allylic oxidation sites excluding steroid dienone is 1. The first-order chi connectivity index (χ1) is 17.1. The maximum Gasteiger partial charge on any atom is 0.246 e. The molecule has 6 nitrogen and oxygen atoms in total. The Bertz CT molecular complexity index is 1320. The first-order valence-corrected chi connectivity index (χ1v) is 12.7. The molecule has 3 aliphatic rings. The van der Waals surface area contributed by atoms with Gasteiger partial charge in [0.15, 0.2) is 0 Å². The average Bonchev–Trinajstić information content (AvgIpc) is 3.27. The van der Waals surface area contributed by atoms with E-state index in [1.54, 1.807) is 12.0 Å². The highest BCUT2D eigenvalue weighted by Gasteiger charge is 2.48. The highest BCUT2D eigenvalue weighted by Crippen LogP contribution is 2.43. The summed E-state index contributed by atoms with van der Waals surface area (Å²) in [6.45, 7) is 0.754. The number of para-hydroxylation sites is 1. The number of benzene rings is 2. The molecule has 6 rings (SSSR count). The number of aromatic amines is 1. The van der Waals surface area contributed by atoms with E-state index < -0.39 is 6.04 Å². The summed E-state index contributed by atoms with van der Waals surface area (Å²) < 4.78 is 5.49. The zero-order valence-corrected chi connectivity index (χ0v) is 20.1. The van der Waals surface area contributed by atoms with Crippen LogP contribution in [0.2, 0.25) is 0 Å². The second kappa shape index (κ2) is 8.91. The van der Waals surface area contributed by atoms with E-state index in [1.165, 1.54) is 18.4 Å². The molecule has 1 unspecified atom stereocenters. The first-order valence-electron chi connectivity index (χ1n) is 12.7. The molecule has 0 radical (unpaired) electrons. The van der Waals surface area contributed by atoms with Gasteiger partial charge >= 0.3 is 0 Å². The Morgan fingerprint density at radius 3 is 2.80 bits per heavy atom. The van der Waals surface area contributed by atoms with E-state index in [2.05, 4.69) is 23.2 Å². The number of ether oxygens (including phenoxy) is 1. The Hall–Kier alpha value is -3.54. The number of H-pyrrole nitrogens is 1. The van der Waals surface area contributed by atoms with Gasteiger partial charge in [0.25, 0.3) is 0 Å². The van der Waals surface area contributed by atoms with Crippen LogP contribution >= 0.6 is 0 Å². The van der Waals surface area contributed by atoms with Crippen LogP contribution in [0, 0.1) is 0 Å². The summed E-state index contributed by atoms with van der Waals surface area (Å²) >= 11 is 0. The lowest BCUT2D eigenvalue weighted by molar-refractivity contribution is -0.158. The van der Waals surface area contributed by atoms with Gasteiger partial charge in [0.05, 0.1) is 19.7 Å². The van der Waals surface area contributed by atoms with Crippen molar-refractivity contribution in [1.82, 2.24) is 14.8 Å². The Morgan fingerprint density at radius 2 is 1.97 bits per heavy atom. The zero-order chi connectivity index (χ0) is 23.9. The Morgan fingerprint density at radius 1 is 1.09 bits per heavy atom. The Balaban J connectivity index is 1.39. The van der Waals surface area contributed by atoms with Gasteiger partial charge in [-0.3, -0.25) is 9.59 Å². The molecule has 2 aromatic carbocycles. The summed E-state index contributed by atoms with van der Waals surface area (Å²) in [7, 11) is 1.65. The summed E-state index contributed by atoms with van der Waals surface area (Å²) in [6, 6.07) is 15.2. The Kier molecular flexibility index (Phi) is 5.59. The predicted octanol–water partition coefficient (Wildman–Crippen LogP) is 4.75. The molecule has 0 bridgehead atoms.